The molecule has 0 saturated heterocycles. The number of nitrogens with zero attached hydrogens (tertiary/aromatic N) is 4. The Morgan fingerprint density at radius 1 is 1.08 bits per heavy atom. The van der Waals surface area contributed by atoms with Gasteiger partial charge in [-0.2, -0.15) is 0 Å². The Bertz CT molecular complexity index is 934. The molecule has 3 aromatic rings. The van der Waals surface area contributed by atoms with Gasteiger partial charge in [0.15, 0.2) is 0 Å². The summed E-state index contributed by atoms with van der Waals surface area (Å²) in [5.41, 5.74) is 5.99. The number of fused-ring (bicyclic) bond motifs is 5. The predicted octanol–water partition coefficient (Wildman–Crippen LogP) is -0.0395. The topological polar surface area (TPSA) is 51.0 Å². The standard InChI is InChI=1S/C18H16IN4O/c1-12(24)22-11-13-7-3-4-8-14(13)18-17(20-21-23(18)19-2)15-9-5-6-10-16(15)22/h3-10H,11H2,1-2H3/q-1. The number of carbonyl (C=O) groups excluding carboxylic acids is 1. The van der Waals surface area contributed by atoms with Gasteiger partial charge in [-0.25, -0.2) is 0 Å². The molecule has 0 spiro atoms. The van der Waals surface area contributed by atoms with E-state index in [0.29, 0.717) is 6.54 Å². The van der Waals surface area contributed by atoms with Crippen molar-refractivity contribution in [2.75, 3.05) is 9.83 Å². The van der Waals surface area contributed by atoms with Gasteiger partial charge in [-0.3, -0.25) is 0 Å². The number of halogens is 1. The van der Waals surface area contributed by atoms with E-state index in [0.717, 1.165) is 33.8 Å². The molecule has 4 rings (SSSR count). The van der Waals surface area contributed by atoms with Crippen LogP contribution in [0.25, 0.3) is 22.5 Å². The Morgan fingerprint density at radius 3 is 2.54 bits per heavy atom. The first-order chi connectivity index (χ1) is 11.7. The van der Waals surface area contributed by atoms with Gasteiger partial charge in [0.25, 0.3) is 0 Å². The Morgan fingerprint density at radius 2 is 1.79 bits per heavy atom. The number of hydrogen-bond donors (Lipinski definition) is 0. The van der Waals surface area contributed by atoms with Crippen molar-refractivity contribution in [3.8, 4) is 22.5 Å². The molecular formula is C18H16IN4O-. The van der Waals surface area contributed by atoms with E-state index in [1.807, 2.05) is 44.2 Å². The third-order valence-corrected chi connectivity index (χ3v) is 5.81. The van der Waals surface area contributed by atoms with Crippen molar-refractivity contribution >= 4 is 11.6 Å². The Labute approximate surface area is 150 Å². The van der Waals surface area contributed by atoms with E-state index < -0.39 is 0 Å². The van der Waals surface area contributed by atoms with Crippen molar-refractivity contribution < 1.29 is 26.3 Å². The molecule has 1 aliphatic heterocycles. The second-order valence-electron chi connectivity index (χ2n) is 5.60. The molecule has 0 saturated carbocycles. The molecule has 1 aliphatic rings. The molecule has 24 heavy (non-hydrogen) atoms. The number of hydrogen-bond acceptors (Lipinski definition) is 3. The molecule has 0 atom stereocenters. The van der Waals surface area contributed by atoms with E-state index >= 15 is 0 Å². The average Bonchev–Trinajstić information content (AvgIpc) is 3.01. The summed E-state index contributed by atoms with van der Waals surface area (Å²) in [6, 6.07) is 16.2. The van der Waals surface area contributed by atoms with Crippen LogP contribution in [0.15, 0.2) is 48.5 Å². The minimum atomic E-state index is -0.269. The van der Waals surface area contributed by atoms with E-state index in [2.05, 4.69) is 27.4 Å². The quantitative estimate of drug-likeness (QED) is 0.402. The molecule has 0 radical (unpaired) electrons. The summed E-state index contributed by atoms with van der Waals surface area (Å²) < 4.78 is 2.03. The molecule has 1 aromatic heterocycles. The number of anilines is 1. The van der Waals surface area contributed by atoms with E-state index in [1.54, 1.807) is 6.92 Å². The molecule has 2 aromatic carbocycles. The molecule has 0 unspecified atom stereocenters. The zero-order valence-electron chi connectivity index (χ0n) is 13.4. The number of carbonyl (C=O) groups is 1. The molecule has 0 N–H and O–H groups in total. The van der Waals surface area contributed by atoms with Gasteiger partial charge in [0, 0.05) is 0 Å². The van der Waals surface area contributed by atoms with Gasteiger partial charge in [0.05, 0.1) is 0 Å². The first-order valence-corrected chi connectivity index (χ1v) is 10.7. The van der Waals surface area contributed by atoms with Crippen molar-refractivity contribution in [3.63, 3.8) is 0 Å². The second-order valence-corrected chi connectivity index (χ2v) is 7.47. The van der Waals surface area contributed by atoms with Gasteiger partial charge < -0.3 is 0 Å². The summed E-state index contributed by atoms with van der Waals surface area (Å²) in [5, 5.41) is 8.85. The Kier molecular flexibility index (Phi) is 3.84. The maximum atomic E-state index is 12.3. The van der Waals surface area contributed by atoms with E-state index in [-0.39, 0.29) is 27.4 Å². The van der Waals surface area contributed by atoms with Crippen molar-refractivity contribution in [3.05, 3.63) is 54.1 Å². The SMILES string of the molecule is C[I-]n1nnc2c1-c1ccccc1CN(C(C)=O)c1ccccc1-2. The monoisotopic (exact) mass is 431 g/mol. The van der Waals surface area contributed by atoms with Gasteiger partial charge in [-0.05, 0) is 0 Å². The first kappa shape index (κ1) is 15.3. The third kappa shape index (κ3) is 2.32. The number of rotatable bonds is 1. The molecule has 6 heteroatoms. The summed E-state index contributed by atoms with van der Waals surface area (Å²) >= 11 is -0.269. The number of alkyl halides is 1. The fourth-order valence-electron chi connectivity index (χ4n) is 3.13. The van der Waals surface area contributed by atoms with Crippen LogP contribution in [0, 0.1) is 0 Å². The fourth-order valence-corrected chi connectivity index (χ4v) is 4.39. The summed E-state index contributed by atoms with van der Waals surface area (Å²) in [4.78, 5) is 16.3. The fraction of sp³-hybridized carbons (Fsp3) is 0.167. The van der Waals surface area contributed by atoms with Crippen LogP contribution in [0.5, 0.6) is 0 Å². The number of para-hydroxylation sites is 1. The van der Waals surface area contributed by atoms with E-state index in [1.165, 1.54) is 0 Å². The Hall–Kier alpha value is -2.22. The number of aromatic nitrogens is 3. The number of amides is 1. The third-order valence-electron chi connectivity index (χ3n) is 4.22. The molecule has 5 nitrogen and oxygen atoms in total. The number of benzene rings is 2. The zero-order valence-corrected chi connectivity index (χ0v) is 15.6. The molecule has 122 valence electrons. The van der Waals surface area contributed by atoms with Gasteiger partial charge in [0.1, 0.15) is 0 Å². The van der Waals surface area contributed by atoms with Crippen LogP contribution in [-0.2, 0) is 11.3 Å². The molecule has 0 aliphatic carbocycles. The molecular weight excluding hydrogens is 415 g/mol. The van der Waals surface area contributed by atoms with Crippen LogP contribution in [0.4, 0.5) is 5.69 Å². The van der Waals surface area contributed by atoms with Crippen LogP contribution >= 0.6 is 0 Å². The summed E-state index contributed by atoms with van der Waals surface area (Å²) in [6.45, 7) is 2.16. The van der Waals surface area contributed by atoms with E-state index in [9.17, 15) is 4.79 Å². The summed E-state index contributed by atoms with van der Waals surface area (Å²) in [6.07, 6.45) is 0. The van der Waals surface area contributed by atoms with Crippen LogP contribution in [0.1, 0.15) is 12.5 Å². The predicted molar refractivity (Wildman–Crippen MR) is 89.1 cm³/mol. The Balaban J connectivity index is 2.10. The normalized spacial score (nSPS) is 12.8. The van der Waals surface area contributed by atoms with Crippen LogP contribution in [-0.4, -0.2) is 24.0 Å². The molecule has 2 heterocycles. The van der Waals surface area contributed by atoms with Gasteiger partial charge in [-0.15, -0.1) is 0 Å². The summed E-state index contributed by atoms with van der Waals surface area (Å²) in [7, 11) is 0. The zero-order chi connectivity index (χ0) is 16.7. The van der Waals surface area contributed by atoms with Gasteiger partial charge in [-0.1, -0.05) is 0 Å². The van der Waals surface area contributed by atoms with Gasteiger partial charge in [0.2, 0.25) is 0 Å². The van der Waals surface area contributed by atoms with Gasteiger partial charge >= 0.3 is 151 Å². The van der Waals surface area contributed by atoms with E-state index in [4.69, 9.17) is 0 Å². The van der Waals surface area contributed by atoms with Crippen LogP contribution < -0.4 is 26.4 Å². The second kappa shape index (κ2) is 6.01. The molecule has 0 fully saturated rings. The van der Waals surface area contributed by atoms with Crippen molar-refractivity contribution in [2.45, 2.75) is 13.5 Å². The van der Waals surface area contributed by atoms with Crippen molar-refractivity contribution in [1.82, 2.24) is 13.2 Å². The molecule has 0 bridgehead atoms. The van der Waals surface area contributed by atoms with Crippen molar-refractivity contribution in [2.24, 2.45) is 0 Å². The minimum absolute atomic E-state index is 0.0241. The molecule has 1 amide bonds. The first-order valence-electron chi connectivity index (χ1n) is 7.62. The summed E-state index contributed by atoms with van der Waals surface area (Å²) in [5.74, 6) is 0.0241. The average molecular weight is 431 g/mol. The van der Waals surface area contributed by atoms with Crippen molar-refractivity contribution in [1.29, 1.82) is 0 Å². The van der Waals surface area contributed by atoms with Crippen LogP contribution in [0.2, 0.25) is 0 Å². The van der Waals surface area contributed by atoms with Crippen LogP contribution in [0.3, 0.4) is 0 Å². The maximum absolute atomic E-state index is 12.3.